The lowest BCUT2D eigenvalue weighted by Crippen LogP contribution is -2.09. The summed E-state index contributed by atoms with van der Waals surface area (Å²) >= 11 is 0. The molecule has 0 atom stereocenters. The van der Waals surface area contributed by atoms with E-state index in [0.717, 1.165) is 0 Å². The van der Waals surface area contributed by atoms with Crippen LogP contribution in [0, 0.1) is 0 Å². The van der Waals surface area contributed by atoms with E-state index in [1.165, 1.54) is 7.11 Å². The van der Waals surface area contributed by atoms with Crippen molar-refractivity contribution in [3.63, 3.8) is 0 Å². The Morgan fingerprint density at radius 3 is 2.68 bits per heavy atom. The predicted molar refractivity (Wildman–Crippen MR) is 77.4 cm³/mol. The van der Waals surface area contributed by atoms with Gasteiger partial charge in [0.2, 0.25) is 0 Å². The summed E-state index contributed by atoms with van der Waals surface area (Å²) in [6.07, 6.45) is 0. The van der Waals surface area contributed by atoms with Crippen LogP contribution in [0.25, 0.3) is 11.0 Å². The van der Waals surface area contributed by atoms with Gasteiger partial charge in [-0.1, -0.05) is 0 Å². The lowest BCUT2D eigenvalue weighted by molar-refractivity contribution is -0.00897. The van der Waals surface area contributed by atoms with Crippen molar-refractivity contribution >= 4 is 16.9 Å². The Labute approximate surface area is 127 Å². The molecule has 1 aromatic carbocycles. The van der Waals surface area contributed by atoms with Gasteiger partial charge in [0.15, 0.2) is 12.5 Å². The van der Waals surface area contributed by atoms with Crippen molar-refractivity contribution in [1.29, 1.82) is 0 Å². The Morgan fingerprint density at radius 2 is 2.00 bits per heavy atom. The molecule has 0 amide bonds. The van der Waals surface area contributed by atoms with Gasteiger partial charge in [-0.25, -0.2) is 4.79 Å². The second-order valence-corrected chi connectivity index (χ2v) is 4.28. The first-order chi connectivity index (χ1) is 10.7. The van der Waals surface area contributed by atoms with E-state index in [0.29, 0.717) is 29.9 Å². The van der Waals surface area contributed by atoms with E-state index in [4.69, 9.17) is 28.1 Å². The van der Waals surface area contributed by atoms with E-state index in [2.05, 4.69) is 0 Å². The molecule has 7 heteroatoms. The third kappa shape index (κ3) is 3.49. The Hall–Kier alpha value is -2.25. The fraction of sp³-hybridized carbons (Fsp3) is 0.400. The van der Waals surface area contributed by atoms with E-state index in [1.54, 1.807) is 32.4 Å². The van der Waals surface area contributed by atoms with E-state index in [1.807, 2.05) is 0 Å². The van der Waals surface area contributed by atoms with Gasteiger partial charge in [0, 0.05) is 7.11 Å². The molecule has 0 fully saturated rings. The summed E-state index contributed by atoms with van der Waals surface area (Å²) in [6, 6.07) is 5.14. The molecule has 2 rings (SSSR count). The summed E-state index contributed by atoms with van der Waals surface area (Å²) < 4.78 is 31.0. The van der Waals surface area contributed by atoms with E-state index in [9.17, 15) is 4.79 Å². The van der Waals surface area contributed by atoms with E-state index in [-0.39, 0.29) is 18.3 Å². The average molecular weight is 310 g/mol. The summed E-state index contributed by atoms with van der Waals surface area (Å²) in [5, 5.41) is 0.607. The normalized spacial score (nSPS) is 10.7. The van der Waals surface area contributed by atoms with Crippen LogP contribution in [0.2, 0.25) is 0 Å². The molecular weight excluding hydrogens is 292 g/mol. The number of carbonyl (C=O) groups excluding carboxylic acids is 1. The molecule has 0 aliphatic heterocycles. The maximum atomic E-state index is 11.8. The third-order valence-corrected chi connectivity index (χ3v) is 2.94. The van der Waals surface area contributed by atoms with Gasteiger partial charge in [-0.3, -0.25) is 0 Å². The summed E-state index contributed by atoms with van der Waals surface area (Å²) in [5.74, 6) is 0.246. The Kier molecular flexibility index (Phi) is 5.62. The number of methoxy groups -OCH3 is 3. The van der Waals surface area contributed by atoms with Crippen molar-refractivity contribution in [2.24, 2.45) is 0 Å². The standard InChI is InChI=1S/C15H18O7/c1-17-6-7-20-9-21-13-11-8-10(18-2)4-5-12(11)22-14(13)15(16)19-3/h4-5,8H,6-7,9H2,1-3H3. The Morgan fingerprint density at radius 1 is 1.18 bits per heavy atom. The number of rotatable bonds is 8. The topological polar surface area (TPSA) is 76.4 Å². The largest absolute Gasteiger partial charge is 0.497 e. The van der Waals surface area contributed by atoms with Crippen LogP contribution in [0.4, 0.5) is 0 Å². The number of carbonyl (C=O) groups is 1. The van der Waals surface area contributed by atoms with Crippen LogP contribution in [-0.4, -0.2) is 47.3 Å². The minimum atomic E-state index is -0.623. The van der Waals surface area contributed by atoms with E-state index < -0.39 is 5.97 Å². The molecule has 0 unspecified atom stereocenters. The summed E-state index contributed by atoms with van der Waals surface area (Å²) in [4.78, 5) is 11.8. The van der Waals surface area contributed by atoms with Gasteiger partial charge >= 0.3 is 5.97 Å². The second kappa shape index (κ2) is 7.67. The highest BCUT2D eigenvalue weighted by atomic mass is 16.7. The molecule has 0 bridgehead atoms. The van der Waals surface area contributed by atoms with Crippen molar-refractivity contribution in [2.75, 3.05) is 41.3 Å². The van der Waals surface area contributed by atoms with Gasteiger partial charge in [-0.2, -0.15) is 0 Å². The molecular formula is C15H18O7. The van der Waals surface area contributed by atoms with Crippen molar-refractivity contribution in [2.45, 2.75) is 0 Å². The maximum Gasteiger partial charge on any atom is 0.377 e. The van der Waals surface area contributed by atoms with Crippen molar-refractivity contribution < 1.29 is 32.9 Å². The summed E-state index contributed by atoms with van der Waals surface area (Å²) in [7, 11) is 4.40. The van der Waals surface area contributed by atoms with E-state index >= 15 is 0 Å². The van der Waals surface area contributed by atoms with Crippen LogP contribution in [0.1, 0.15) is 10.6 Å². The zero-order chi connectivity index (χ0) is 15.9. The zero-order valence-corrected chi connectivity index (χ0v) is 12.7. The molecule has 1 aromatic heterocycles. The predicted octanol–water partition coefficient (Wildman–Crippen LogP) is 2.23. The molecule has 0 N–H and O–H groups in total. The summed E-state index contributed by atoms with van der Waals surface area (Å²) in [6.45, 7) is 0.787. The second-order valence-electron chi connectivity index (χ2n) is 4.28. The number of fused-ring (bicyclic) bond motifs is 1. The lowest BCUT2D eigenvalue weighted by atomic mass is 10.2. The minimum Gasteiger partial charge on any atom is -0.497 e. The molecule has 0 radical (unpaired) electrons. The fourth-order valence-electron chi connectivity index (χ4n) is 1.85. The highest BCUT2D eigenvalue weighted by Gasteiger charge is 2.23. The number of furan rings is 1. The number of hydrogen-bond acceptors (Lipinski definition) is 7. The van der Waals surface area contributed by atoms with Crippen molar-refractivity contribution in [3.05, 3.63) is 24.0 Å². The van der Waals surface area contributed by atoms with Gasteiger partial charge in [0.05, 0.1) is 32.8 Å². The minimum absolute atomic E-state index is 0.0129. The number of esters is 1. The molecule has 0 aliphatic rings. The van der Waals surface area contributed by atoms with Crippen LogP contribution < -0.4 is 9.47 Å². The maximum absolute atomic E-state index is 11.8. The molecule has 7 nitrogen and oxygen atoms in total. The molecule has 2 aromatic rings. The smallest absolute Gasteiger partial charge is 0.377 e. The van der Waals surface area contributed by atoms with Crippen LogP contribution in [0.3, 0.4) is 0 Å². The van der Waals surface area contributed by atoms with Gasteiger partial charge in [-0.15, -0.1) is 0 Å². The fourth-order valence-corrected chi connectivity index (χ4v) is 1.85. The molecule has 0 aliphatic carbocycles. The monoisotopic (exact) mass is 310 g/mol. The van der Waals surface area contributed by atoms with Gasteiger partial charge in [0.1, 0.15) is 11.3 Å². The Bertz CT molecular complexity index is 632. The van der Waals surface area contributed by atoms with Crippen LogP contribution in [0.15, 0.2) is 22.6 Å². The Balaban J connectivity index is 2.27. The van der Waals surface area contributed by atoms with Gasteiger partial charge < -0.3 is 28.1 Å². The molecule has 120 valence electrons. The highest BCUT2D eigenvalue weighted by Crippen LogP contribution is 2.35. The first-order valence-electron chi connectivity index (χ1n) is 6.59. The SMILES string of the molecule is COCCOCOc1c(C(=O)OC)oc2ccc(OC)cc12. The van der Waals surface area contributed by atoms with Gasteiger partial charge in [-0.05, 0) is 18.2 Å². The zero-order valence-electron chi connectivity index (χ0n) is 12.7. The summed E-state index contributed by atoms with van der Waals surface area (Å²) in [5.41, 5.74) is 0.494. The quantitative estimate of drug-likeness (QED) is 0.420. The van der Waals surface area contributed by atoms with Gasteiger partial charge in [0.25, 0.3) is 5.76 Å². The molecule has 0 saturated heterocycles. The number of hydrogen-bond donors (Lipinski definition) is 0. The molecule has 22 heavy (non-hydrogen) atoms. The molecule has 0 saturated carbocycles. The molecule has 1 heterocycles. The average Bonchev–Trinajstić information content (AvgIpc) is 2.91. The first kappa shape index (κ1) is 16.1. The highest BCUT2D eigenvalue weighted by molar-refractivity contribution is 5.99. The molecule has 0 spiro atoms. The van der Waals surface area contributed by atoms with Crippen LogP contribution >= 0.6 is 0 Å². The van der Waals surface area contributed by atoms with Crippen molar-refractivity contribution in [3.8, 4) is 11.5 Å². The third-order valence-electron chi connectivity index (χ3n) is 2.94. The number of benzene rings is 1. The first-order valence-corrected chi connectivity index (χ1v) is 6.59. The lowest BCUT2D eigenvalue weighted by Gasteiger charge is -2.07. The number of ether oxygens (including phenoxy) is 5. The van der Waals surface area contributed by atoms with Crippen LogP contribution in [0.5, 0.6) is 11.5 Å². The van der Waals surface area contributed by atoms with Crippen molar-refractivity contribution in [1.82, 2.24) is 0 Å². The van der Waals surface area contributed by atoms with Crippen LogP contribution in [-0.2, 0) is 14.2 Å².